The fraction of sp³-hybridized carbons (Fsp3) is 0.417. The second-order valence-corrected chi connectivity index (χ2v) is 6.02. The number of carbonyl (C=O) groups excluding carboxylic acids is 1. The highest BCUT2D eigenvalue weighted by Crippen LogP contribution is 2.20. The van der Waals surface area contributed by atoms with Gasteiger partial charge < -0.3 is 5.32 Å². The number of hydrogen-bond acceptors (Lipinski definition) is 2. The smallest absolute Gasteiger partial charge is 0.252 e. The molecule has 1 N–H and O–H groups in total. The van der Waals surface area contributed by atoms with Crippen molar-refractivity contribution in [2.24, 2.45) is 0 Å². The summed E-state index contributed by atoms with van der Waals surface area (Å²) in [5.74, 6) is 1.66. The lowest BCUT2D eigenvalue weighted by Gasteiger charge is -2.22. The lowest BCUT2D eigenvalue weighted by atomic mass is 10.1. The molecule has 17 heavy (non-hydrogen) atoms. The Morgan fingerprint density at radius 2 is 2.35 bits per heavy atom. The van der Waals surface area contributed by atoms with Gasteiger partial charge in [-0.2, -0.15) is 11.8 Å². The molecule has 1 aliphatic rings. The number of carbonyl (C=O) groups is 1. The Bertz CT molecular complexity index is 421. The zero-order valence-electron chi connectivity index (χ0n) is 9.21. The van der Waals surface area contributed by atoms with Crippen LogP contribution in [0.4, 0.5) is 4.39 Å². The van der Waals surface area contributed by atoms with E-state index in [2.05, 4.69) is 21.2 Å². The summed E-state index contributed by atoms with van der Waals surface area (Å²) in [5, 5.41) is 2.98. The minimum atomic E-state index is -0.346. The second kappa shape index (κ2) is 5.87. The lowest BCUT2D eigenvalue weighted by molar-refractivity contribution is 0.0938. The molecule has 2 rings (SSSR count). The van der Waals surface area contributed by atoms with E-state index >= 15 is 0 Å². The van der Waals surface area contributed by atoms with Crippen LogP contribution < -0.4 is 5.32 Å². The van der Waals surface area contributed by atoms with Gasteiger partial charge in [-0.25, -0.2) is 4.39 Å². The number of amides is 1. The van der Waals surface area contributed by atoms with Gasteiger partial charge >= 0.3 is 0 Å². The van der Waals surface area contributed by atoms with Crippen molar-refractivity contribution in [2.75, 3.05) is 11.5 Å². The van der Waals surface area contributed by atoms with Gasteiger partial charge in [0.2, 0.25) is 0 Å². The van der Waals surface area contributed by atoms with E-state index in [0.717, 1.165) is 18.6 Å². The minimum Gasteiger partial charge on any atom is -0.348 e. The van der Waals surface area contributed by atoms with Gasteiger partial charge in [-0.15, -0.1) is 0 Å². The van der Waals surface area contributed by atoms with E-state index in [0.29, 0.717) is 10.0 Å². The molecule has 5 heteroatoms. The molecule has 0 saturated carbocycles. The molecule has 92 valence electrons. The van der Waals surface area contributed by atoms with Crippen LogP contribution in [0.3, 0.4) is 0 Å². The molecule has 1 atom stereocenters. The molecule has 0 aliphatic carbocycles. The van der Waals surface area contributed by atoms with Gasteiger partial charge in [0, 0.05) is 16.3 Å². The second-order valence-electron chi connectivity index (χ2n) is 4.01. The van der Waals surface area contributed by atoms with Gasteiger partial charge in [0.15, 0.2) is 0 Å². The van der Waals surface area contributed by atoms with Gasteiger partial charge in [-0.3, -0.25) is 4.79 Å². The van der Waals surface area contributed by atoms with Crippen LogP contribution in [0.25, 0.3) is 0 Å². The summed E-state index contributed by atoms with van der Waals surface area (Å²) in [7, 11) is 0. The Labute approximate surface area is 112 Å². The van der Waals surface area contributed by atoms with Crippen molar-refractivity contribution in [1.82, 2.24) is 5.32 Å². The van der Waals surface area contributed by atoms with Crippen molar-refractivity contribution >= 4 is 33.6 Å². The molecule has 1 heterocycles. The number of nitrogens with one attached hydrogen (secondary N) is 1. The van der Waals surface area contributed by atoms with Crippen molar-refractivity contribution < 1.29 is 9.18 Å². The standard InChI is InChI=1S/C12H13BrFNOS/c13-11-6-8(14)3-4-10(11)12(16)15-9-2-1-5-17-7-9/h3-4,6,9H,1-2,5,7H2,(H,15,16). The molecule has 1 saturated heterocycles. The van der Waals surface area contributed by atoms with Crippen LogP contribution in [-0.4, -0.2) is 23.5 Å². The molecule has 0 aromatic heterocycles. The Morgan fingerprint density at radius 1 is 1.53 bits per heavy atom. The van der Waals surface area contributed by atoms with E-state index in [9.17, 15) is 9.18 Å². The monoisotopic (exact) mass is 317 g/mol. The van der Waals surface area contributed by atoms with Gasteiger partial charge in [0.25, 0.3) is 5.91 Å². The van der Waals surface area contributed by atoms with Crippen LogP contribution in [-0.2, 0) is 0 Å². The predicted molar refractivity (Wildman–Crippen MR) is 71.9 cm³/mol. The van der Waals surface area contributed by atoms with Crippen LogP contribution in [0.1, 0.15) is 23.2 Å². The summed E-state index contributed by atoms with van der Waals surface area (Å²) < 4.78 is 13.4. The normalized spacial score (nSPS) is 20.0. The summed E-state index contributed by atoms with van der Waals surface area (Å²) in [5.41, 5.74) is 0.488. The van der Waals surface area contributed by atoms with Gasteiger partial charge in [-0.05, 0) is 52.7 Å². The van der Waals surface area contributed by atoms with Gasteiger partial charge in [0.1, 0.15) is 5.82 Å². The third-order valence-corrected chi connectivity index (χ3v) is 4.54. The Morgan fingerprint density at radius 3 is 3.00 bits per heavy atom. The summed E-state index contributed by atoms with van der Waals surface area (Å²) in [6, 6.07) is 4.35. The zero-order chi connectivity index (χ0) is 12.3. The first-order valence-electron chi connectivity index (χ1n) is 5.50. The van der Waals surface area contributed by atoms with Crippen LogP contribution in [0.5, 0.6) is 0 Å². The maximum atomic E-state index is 12.9. The minimum absolute atomic E-state index is 0.135. The van der Waals surface area contributed by atoms with Crippen LogP contribution in [0, 0.1) is 5.82 Å². The number of halogens is 2. The van der Waals surface area contributed by atoms with E-state index in [1.165, 1.54) is 24.0 Å². The molecule has 0 radical (unpaired) electrons. The van der Waals surface area contributed by atoms with Crippen molar-refractivity contribution in [3.05, 3.63) is 34.1 Å². The molecule has 1 aromatic rings. The first-order valence-corrected chi connectivity index (χ1v) is 7.45. The van der Waals surface area contributed by atoms with E-state index in [-0.39, 0.29) is 17.8 Å². The predicted octanol–water partition coefficient (Wildman–Crippen LogP) is 3.21. The van der Waals surface area contributed by atoms with Crippen molar-refractivity contribution in [3.8, 4) is 0 Å². The molecule has 0 bridgehead atoms. The number of thioether (sulfide) groups is 1. The topological polar surface area (TPSA) is 29.1 Å². The fourth-order valence-electron chi connectivity index (χ4n) is 1.79. The van der Waals surface area contributed by atoms with Crippen LogP contribution in [0.15, 0.2) is 22.7 Å². The third kappa shape index (κ3) is 3.45. The number of benzene rings is 1. The maximum Gasteiger partial charge on any atom is 0.252 e. The SMILES string of the molecule is O=C(NC1CCCSC1)c1ccc(F)cc1Br. The number of hydrogen-bond donors (Lipinski definition) is 1. The average molecular weight is 318 g/mol. The molecule has 1 amide bonds. The van der Waals surface area contributed by atoms with Gasteiger partial charge in [0.05, 0.1) is 5.56 Å². The summed E-state index contributed by atoms with van der Waals surface area (Å²) >= 11 is 5.07. The summed E-state index contributed by atoms with van der Waals surface area (Å²) in [6.07, 6.45) is 2.16. The van der Waals surface area contributed by atoms with Crippen molar-refractivity contribution in [2.45, 2.75) is 18.9 Å². The highest BCUT2D eigenvalue weighted by Gasteiger charge is 2.18. The molecule has 0 spiro atoms. The highest BCUT2D eigenvalue weighted by molar-refractivity contribution is 9.10. The molecule has 1 fully saturated rings. The molecule has 1 aromatic carbocycles. The zero-order valence-corrected chi connectivity index (χ0v) is 11.6. The highest BCUT2D eigenvalue weighted by atomic mass is 79.9. The fourth-order valence-corrected chi connectivity index (χ4v) is 3.39. The Balaban J connectivity index is 2.03. The summed E-state index contributed by atoms with van der Waals surface area (Å²) in [4.78, 5) is 12.0. The van der Waals surface area contributed by atoms with Crippen LogP contribution >= 0.6 is 27.7 Å². The molecule has 1 unspecified atom stereocenters. The lowest BCUT2D eigenvalue weighted by Crippen LogP contribution is -2.38. The quantitative estimate of drug-likeness (QED) is 0.907. The first-order chi connectivity index (χ1) is 8.16. The van der Waals surface area contributed by atoms with Crippen LogP contribution in [0.2, 0.25) is 0 Å². The molecule has 1 aliphatic heterocycles. The van der Waals surface area contributed by atoms with E-state index in [1.54, 1.807) is 0 Å². The van der Waals surface area contributed by atoms with Crippen molar-refractivity contribution in [3.63, 3.8) is 0 Å². The summed E-state index contributed by atoms with van der Waals surface area (Å²) in [6.45, 7) is 0. The Hall–Kier alpha value is -0.550. The van der Waals surface area contributed by atoms with Gasteiger partial charge in [-0.1, -0.05) is 0 Å². The van der Waals surface area contributed by atoms with E-state index in [1.807, 2.05) is 11.8 Å². The molecular weight excluding hydrogens is 305 g/mol. The largest absolute Gasteiger partial charge is 0.348 e. The van der Waals surface area contributed by atoms with Crippen molar-refractivity contribution in [1.29, 1.82) is 0 Å². The van der Waals surface area contributed by atoms with E-state index < -0.39 is 0 Å². The average Bonchev–Trinajstić information content (AvgIpc) is 2.30. The molecule has 2 nitrogen and oxygen atoms in total. The van der Waals surface area contributed by atoms with E-state index in [4.69, 9.17) is 0 Å². The number of rotatable bonds is 2. The third-order valence-electron chi connectivity index (χ3n) is 2.67. The first kappa shape index (κ1) is 12.9. The molecular formula is C12H13BrFNOS. The Kier molecular flexibility index (Phi) is 4.45. The maximum absolute atomic E-state index is 12.9.